The molecular formula is C20H21F3N4O3. The lowest BCUT2D eigenvalue weighted by molar-refractivity contribution is -0.142. The van der Waals surface area contributed by atoms with Crippen molar-refractivity contribution < 1.29 is 27.5 Å². The molecule has 0 bridgehead atoms. The van der Waals surface area contributed by atoms with E-state index in [9.17, 15) is 23.1 Å². The van der Waals surface area contributed by atoms with E-state index in [2.05, 4.69) is 5.10 Å². The number of halogens is 3. The molecule has 30 heavy (non-hydrogen) atoms. The molecule has 7 nitrogen and oxygen atoms in total. The Hall–Kier alpha value is -3.01. The first-order chi connectivity index (χ1) is 14.2. The number of hydrogen-bond acceptors (Lipinski definition) is 5. The number of carbonyl (C=O) groups is 1. The van der Waals surface area contributed by atoms with E-state index in [-0.39, 0.29) is 17.9 Å². The predicted octanol–water partition coefficient (Wildman–Crippen LogP) is 3.38. The number of nitrogens with zero attached hydrogens (tertiary/aromatic N) is 4. The zero-order chi connectivity index (χ0) is 21.5. The van der Waals surface area contributed by atoms with Crippen LogP contribution in [0.4, 0.5) is 18.9 Å². The average molecular weight is 422 g/mol. The molecule has 0 aliphatic carbocycles. The van der Waals surface area contributed by atoms with Crippen molar-refractivity contribution in [3.63, 3.8) is 0 Å². The van der Waals surface area contributed by atoms with E-state index < -0.39 is 25.0 Å². The smallest absolute Gasteiger partial charge is 0.408 e. The summed E-state index contributed by atoms with van der Waals surface area (Å²) in [7, 11) is 1.51. The van der Waals surface area contributed by atoms with Gasteiger partial charge < -0.3 is 14.4 Å². The minimum Gasteiger partial charge on any atom is -0.461 e. The maximum absolute atomic E-state index is 12.8. The first-order valence-electron chi connectivity index (χ1n) is 9.56. The second-order valence-corrected chi connectivity index (χ2v) is 7.31. The normalized spacial score (nSPS) is 17.1. The van der Waals surface area contributed by atoms with Gasteiger partial charge in [0.05, 0.1) is 11.9 Å². The lowest BCUT2D eigenvalue weighted by atomic mass is 10.1. The number of hydrogen-bond donors (Lipinski definition) is 1. The van der Waals surface area contributed by atoms with E-state index in [1.165, 1.54) is 18.1 Å². The quantitative estimate of drug-likeness (QED) is 0.617. The molecule has 1 N–H and O–H groups in total. The Bertz CT molecular complexity index is 1030. The van der Waals surface area contributed by atoms with Crippen molar-refractivity contribution in [2.24, 2.45) is 0 Å². The fourth-order valence-corrected chi connectivity index (χ4v) is 3.68. The largest absolute Gasteiger partial charge is 0.461 e. The summed E-state index contributed by atoms with van der Waals surface area (Å²) < 4.78 is 44.8. The standard InChI is InChI=1S/C20H21F3N4O3/c1-25-15-11-24-27(12-20(21,22)23)17(15)18(28)26(19(25)29)9-5-4-7-14-10-13-6-2-3-8-16(13)30-14/h2-3,6,8,10-11,19,29H,4-5,7,9,12H2,1H3. The van der Waals surface area contributed by atoms with E-state index in [4.69, 9.17) is 4.42 Å². The molecule has 1 aliphatic rings. The van der Waals surface area contributed by atoms with Gasteiger partial charge in [0.15, 0.2) is 0 Å². The maximum atomic E-state index is 12.8. The van der Waals surface area contributed by atoms with Crippen molar-refractivity contribution >= 4 is 22.6 Å². The molecule has 3 heterocycles. The molecule has 1 aromatic carbocycles. The molecule has 0 spiro atoms. The van der Waals surface area contributed by atoms with E-state index in [0.29, 0.717) is 23.9 Å². The van der Waals surface area contributed by atoms with Crippen molar-refractivity contribution in [1.29, 1.82) is 0 Å². The number of fused-ring (bicyclic) bond motifs is 2. The monoisotopic (exact) mass is 422 g/mol. The van der Waals surface area contributed by atoms with Crippen molar-refractivity contribution in [2.45, 2.75) is 38.3 Å². The van der Waals surface area contributed by atoms with E-state index in [1.807, 2.05) is 30.3 Å². The Kier molecular flexibility index (Phi) is 5.19. The number of unbranched alkanes of at least 4 members (excludes halogenated alkanes) is 1. The van der Waals surface area contributed by atoms with Crippen molar-refractivity contribution in [3.05, 3.63) is 48.0 Å². The molecule has 0 saturated heterocycles. The first-order valence-corrected chi connectivity index (χ1v) is 9.56. The van der Waals surface area contributed by atoms with Crippen LogP contribution >= 0.6 is 0 Å². The summed E-state index contributed by atoms with van der Waals surface area (Å²) in [5.41, 5.74) is 0.814. The van der Waals surface area contributed by atoms with Crippen LogP contribution in [-0.4, -0.2) is 51.8 Å². The van der Waals surface area contributed by atoms with E-state index >= 15 is 0 Å². The van der Waals surface area contributed by atoms with Gasteiger partial charge in [-0.25, -0.2) is 4.68 Å². The number of aliphatic hydroxyl groups excluding tert-OH is 1. The lowest BCUT2D eigenvalue weighted by Crippen LogP contribution is -2.54. The maximum Gasteiger partial charge on any atom is 0.408 e. The summed E-state index contributed by atoms with van der Waals surface area (Å²) in [6, 6.07) is 9.64. The van der Waals surface area contributed by atoms with Gasteiger partial charge in [-0.15, -0.1) is 0 Å². The Balaban J connectivity index is 1.41. The number of aliphatic hydroxyl groups is 1. The van der Waals surface area contributed by atoms with Gasteiger partial charge in [0.25, 0.3) is 5.91 Å². The first kappa shape index (κ1) is 20.3. The molecule has 160 valence electrons. The molecule has 1 aliphatic heterocycles. The molecule has 4 rings (SSSR count). The molecule has 0 fully saturated rings. The van der Waals surface area contributed by atoms with Gasteiger partial charge in [-0.1, -0.05) is 18.2 Å². The summed E-state index contributed by atoms with van der Waals surface area (Å²) in [5, 5.41) is 15.2. The topological polar surface area (TPSA) is 74.7 Å². The van der Waals surface area contributed by atoms with Crippen LogP contribution in [0, 0.1) is 0 Å². The van der Waals surface area contributed by atoms with Crippen LogP contribution < -0.4 is 4.90 Å². The Labute approximate surface area is 170 Å². The Morgan fingerprint density at radius 2 is 2.00 bits per heavy atom. The highest BCUT2D eigenvalue weighted by molar-refractivity contribution is 6.00. The number of anilines is 1. The second-order valence-electron chi connectivity index (χ2n) is 7.31. The number of carbonyl (C=O) groups excluding carboxylic acids is 1. The number of amides is 1. The number of furan rings is 1. The van der Waals surface area contributed by atoms with Crippen molar-refractivity contribution in [1.82, 2.24) is 14.7 Å². The van der Waals surface area contributed by atoms with Crippen molar-refractivity contribution in [3.8, 4) is 0 Å². The van der Waals surface area contributed by atoms with Gasteiger partial charge in [0.1, 0.15) is 23.6 Å². The van der Waals surface area contributed by atoms with Gasteiger partial charge in [0.2, 0.25) is 6.35 Å². The molecule has 0 radical (unpaired) electrons. The summed E-state index contributed by atoms with van der Waals surface area (Å²) in [4.78, 5) is 15.3. The van der Waals surface area contributed by atoms with Crippen LogP contribution in [0.3, 0.4) is 0 Å². The third-order valence-electron chi connectivity index (χ3n) is 5.17. The predicted molar refractivity (Wildman–Crippen MR) is 103 cm³/mol. The Morgan fingerprint density at radius 3 is 2.73 bits per heavy atom. The number of benzene rings is 1. The Morgan fingerprint density at radius 1 is 1.23 bits per heavy atom. The summed E-state index contributed by atoms with van der Waals surface area (Å²) in [6.45, 7) is -1.17. The second kappa shape index (κ2) is 7.67. The fourth-order valence-electron chi connectivity index (χ4n) is 3.68. The van der Waals surface area contributed by atoms with Crippen LogP contribution in [0.2, 0.25) is 0 Å². The van der Waals surface area contributed by atoms with Crippen LogP contribution in [0.25, 0.3) is 11.0 Å². The van der Waals surface area contributed by atoms with Gasteiger partial charge in [-0.2, -0.15) is 18.3 Å². The molecule has 1 atom stereocenters. The zero-order valence-electron chi connectivity index (χ0n) is 16.3. The molecular weight excluding hydrogens is 401 g/mol. The van der Waals surface area contributed by atoms with Gasteiger partial charge >= 0.3 is 6.18 Å². The molecule has 1 amide bonds. The van der Waals surface area contributed by atoms with E-state index in [0.717, 1.165) is 21.6 Å². The fraction of sp³-hybridized carbons (Fsp3) is 0.400. The minimum absolute atomic E-state index is 0.169. The van der Waals surface area contributed by atoms with Crippen LogP contribution in [-0.2, 0) is 13.0 Å². The molecule has 3 aromatic rings. The SMILES string of the molecule is CN1c2cnn(CC(F)(F)F)c2C(=O)N(CCCCc2cc3ccccc3o2)C1O. The zero-order valence-corrected chi connectivity index (χ0v) is 16.3. The van der Waals surface area contributed by atoms with Gasteiger partial charge in [0, 0.05) is 25.4 Å². The third kappa shape index (κ3) is 3.87. The van der Waals surface area contributed by atoms with Crippen LogP contribution in [0.15, 0.2) is 40.9 Å². The average Bonchev–Trinajstić information content (AvgIpc) is 3.28. The lowest BCUT2D eigenvalue weighted by Gasteiger charge is -2.39. The van der Waals surface area contributed by atoms with Gasteiger partial charge in [-0.05, 0) is 25.0 Å². The molecule has 2 aromatic heterocycles. The number of aromatic nitrogens is 2. The number of rotatable bonds is 6. The number of aryl methyl sites for hydroxylation is 1. The third-order valence-corrected chi connectivity index (χ3v) is 5.17. The van der Waals surface area contributed by atoms with Crippen LogP contribution in [0.5, 0.6) is 0 Å². The minimum atomic E-state index is -4.51. The summed E-state index contributed by atoms with van der Waals surface area (Å²) in [6.07, 6.45) is -2.71. The highest BCUT2D eigenvalue weighted by Gasteiger charge is 2.40. The van der Waals surface area contributed by atoms with Gasteiger partial charge in [-0.3, -0.25) is 9.69 Å². The van der Waals surface area contributed by atoms with Crippen LogP contribution in [0.1, 0.15) is 29.1 Å². The highest BCUT2D eigenvalue weighted by Crippen LogP contribution is 2.31. The number of alkyl halides is 3. The molecule has 0 saturated carbocycles. The van der Waals surface area contributed by atoms with E-state index in [1.54, 1.807) is 0 Å². The summed E-state index contributed by atoms with van der Waals surface area (Å²) in [5.74, 6) is 0.158. The van der Waals surface area contributed by atoms with Crippen molar-refractivity contribution in [2.75, 3.05) is 18.5 Å². The highest BCUT2D eigenvalue weighted by atomic mass is 19.4. The molecule has 1 unspecified atom stereocenters. The molecule has 10 heteroatoms. The summed E-state index contributed by atoms with van der Waals surface area (Å²) >= 11 is 0. The number of para-hydroxylation sites is 1.